The highest BCUT2D eigenvalue weighted by Crippen LogP contribution is 2.18. The molecule has 2 rings (SSSR count). The van der Waals surface area contributed by atoms with Crippen molar-refractivity contribution in [2.24, 2.45) is 0 Å². The standard InChI is InChI=1S/C16H15N4O3/c1-19(14-9-5-6-10-17-14)16(23)20(15(22)18-11-12-21)13-7-3-2-4-8-13/h2-10H,11H2,1H3,(H,18,22). The van der Waals surface area contributed by atoms with Crippen LogP contribution in [0.2, 0.25) is 0 Å². The monoisotopic (exact) mass is 311 g/mol. The van der Waals surface area contributed by atoms with Crippen LogP contribution in [0.15, 0.2) is 54.7 Å². The van der Waals surface area contributed by atoms with E-state index in [2.05, 4.69) is 10.3 Å². The summed E-state index contributed by atoms with van der Waals surface area (Å²) in [5, 5.41) is 2.31. The van der Waals surface area contributed by atoms with Gasteiger partial charge < -0.3 is 5.32 Å². The van der Waals surface area contributed by atoms with Crippen molar-refractivity contribution in [2.45, 2.75) is 0 Å². The van der Waals surface area contributed by atoms with E-state index in [4.69, 9.17) is 0 Å². The van der Waals surface area contributed by atoms with Crippen LogP contribution in [0.1, 0.15) is 0 Å². The van der Waals surface area contributed by atoms with Gasteiger partial charge in [-0.3, -0.25) is 9.69 Å². The van der Waals surface area contributed by atoms with Crippen molar-refractivity contribution in [1.82, 2.24) is 10.3 Å². The Kier molecular flexibility index (Phi) is 5.40. The summed E-state index contributed by atoms with van der Waals surface area (Å²) in [6.07, 6.45) is 3.11. The Morgan fingerprint density at radius 3 is 2.43 bits per heavy atom. The largest absolute Gasteiger partial charge is 0.338 e. The first-order valence-corrected chi connectivity index (χ1v) is 6.82. The second-order valence-corrected chi connectivity index (χ2v) is 4.50. The zero-order valence-electron chi connectivity index (χ0n) is 12.5. The summed E-state index contributed by atoms with van der Waals surface area (Å²) in [4.78, 5) is 41.5. The van der Waals surface area contributed by atoms with Crippen LogP contribution >= 0.6 is 0 Å². The van der Waals surface area contributed by atoms with Crippen LogP contribution in [-0.2, 0) is 4.79 Å². The summed E-state index contributed by atoms with van der Waals surface area (Å²) in [5.41, 5.74) is 0.378. The Hall–Kier alpha value is -3.22. The molecule has 117 valence electrons. The molecule has 7 heteroatoms. The van der Waals surface area contributed by atoms with Crippen molar-refractivity contribution in [3.05, 3.63) is 54.7 Å². The molecule has 1 heterocycles. The maximum atomic E-state index is 12.7. The number of para-hydroxylation sites is 1. The number of hydrogen-bond acceptors (Lipinski definition) is 4. The summed E-state index contributed by atoms with van der Waals surface area (Å²) >= 11 is 0. The molecular formula is C16H15N4O3. The highest BCUT2D eigenvalue weighted by atomic mass is 16.2. The van der Waals surface area contributed by atoms with Crippen molar-refractivity contribution in [1.29, 1.82) is 0 Å². The number of urea groups is 2. The minimum absolute atomic E-state index is 0.303. The predicted octanol–water partition coefficient (Wildman–Crippen LogP) is 1.96. The number of imide groups is 1. The lowest BCUT2D eigenvalue weighted by Gasteiger charge is -2.26. The smallest absolute Gasteiger partial charge is 0.330 e. The summed E-state index contributed by atoms with van der Waals surface area (Å²) in [7, 11) is 1.51. The Bertz CT molecular complexity index is 676. The van der Waals surface area contributed by atoms with Crippen LogP contribution < -0.4 is 15.1 Å². The topological polar surface area (TPSA) is 82.6 Å². The molecule has 0 unspecified atom stereocenters. The summed E-state index contributed by atoms with van der Waals surface area (Å²) in [5.74, 6) is 0.396. The van der Waals surface area contributed by atoms with Gasteiger partial charge in [-0.15, -0.1) is 0 Å². The number of benzene rings is 1. The third-order valence-electron chi connectivity index (χ3n) is 3.00. The van der Waals surface area contributed by atoms with E-state index < -0.39 is 12.1 Å². The van der Waals surface area contributed by atoms with E-state index in [0.717, 1.165) is 4.90 Å². The summed E-state index contributed by atoms with van der Waals surface area (Å²) in [6, 6.07) is 12.2. The number of amides is 4. The number of rotatable bonds is 4. The first-order valence-electron chi connectivity index (χ1n) is 6.82. The van der Waals surface area contributed by atoms with E-state index in [-0.39, 0.29) is 6.54 Å². The molecule has 0 spiro atoms. The van der Waals surface area contributed by atoms with Gasteiger partial charge in [-0.25, -0.2) is 19.5 Å². The van der Waals surface area contributed by atoms with Crippen molar-refractivity contribution < 1.29 is 14.4 Å². The van der Waals surface area contributed by atoms with Gasteiger partial charge in [0.05, 0.1) is 12.2 Å². The Labute approximate surface area is 133 Å². The average molecular weight is 311 g/mol. The van der Waals surface area contributed by atoms with Crippen LogP contribution in [0, 0.1) is 0 Å². The lowest BCUT2D eigenvalue weighted by atomic mass is 10.3. The SMILES string of the molecule is CN(C(=O)N(C(=O)NC[C]=O)c1ccccc1)c1ccccn1. The van der Waals surface area contributed by atoms with E-state index in [1.54, 1.807) is 61.0 Å². The molecule has 7 nitrogen and oxygen atoms in total. The number of nitrogens with zero attached hydrogens (tertiary/aromatic N) is 3. The number of pyridine rings is 1. The highest BCUT2D eigenvalue weighted by molar-refractivity contribution is 6.18. The van der Waals surface area contributed by atoms with Gasteiger partial charge in [0, 0.05) is 13.2 Å². The van der Waals surface area contributed by atoms with Crippen molar-refractivity contribution in [3.8, 4) is 0 Å². The number of carbonyl (C=O) groups excluding carboxylic acids is 3. The highest BCUT2D eigenvalue weighted by Gasteiger charge is 2.27. The fourth-order valence-corrected chi connectivity index (χ4v) is 1.88. The van der Waals surface area contributed by atoms with Gasteiger partial charge in [-0.05, 0) is 24.3 Å². The molecule has 4 amide bonds. The van der Waals surface area contributed by atoms with Gasteiger partial charge in [0.15, 0.2) is 0 Å². The maximum Gasteiger partial charge on any atom is 0.338 e. The van der Waals surface area contributed by atoms with E-state index in [0.29, 0.717) is 11.5 Å². The fraction of sp³-hybridized carbons (Fsp3) is 0.125. The second-order valence-electron chi connectivity index (χ2n) is 4.50. The third-order valence-corrected chi connectivity index (χ3v) is 3.00. The molecule has 1 aromatic heterocycles. The van der Waals surface area contributed by atoms with Crippen molar-refractivity contribution in [3.63, 3.8) is 0 Å². The average Bonchev–Trinajstić information content (AvgIpc) is 2.61. The minimum atomic E-state index is -0.715. The van der Waals surface area contributed by atoms with Crippen LogP contribution in [0.4, 0.5) is 21.1 Å². The minimum Gasteiger partial charge on any atom is -0.330 e. The number of nitrogens with one attached hydrogen (secondary N) is 1. The van der Waals surface area contributed by atoms with Crippen LogP contribution in [0.25, 0.3) is 0 Å². The molecule has 0 aliphatic carbocycles. The number of carbonyl (C=O) groups is 2. The number of hydrogen-bond donors (Lipinski definition) is 1. The first kappa shape index (κ1) is 16.2. The van der Waals surface area contributed by atoms with Gasteiger partial charge in [-0.1, -0.05) is 24.3 Å². The molecule has 1 N–H and O–H groups in total. The van der Waals surface area contributed by atoms with Crippen LogP contribution in [-0.4, -0.2) is 36.9 Å². The zero-order valence-corrected chi connectivity index (χ0v) is 12.5. The first-order chi connectivity index (χ1) is 11.1. The van der Waals surface area contributed by atoms with Gasteiger partial charge in [0.1, 0.15) is 5.82 Å². The third kappa shape index (κ3) is 3.91. The van der Waals surface area contributed by atoms with E-state index in [9.17, 15) is 14.4 Å². The zero-order chi connectivity index (χ0) is 16.7. The molecule has 0 saturated carbocycles. The Morgan fingerprint density at radius 2 is 1.83 bits per heavy atom. The molecule has 1 aromatic carbocycles. The number of aromatic nitrogens is 1. The second kappa shape index (κ2) is 7.69. The lowest BCUT2D eigenvalue weighted by molar-refractivity contribution is 0.238. The van der Waals surface area contributed by atoms with Crippen LogP contribution in [0.3, 0.4) is 0 Å². The van der Waals surface area contributed by atoms with E-state index >= 15 is 0 Å². The van der Waals surface area contributed by atoms with Gasteiger partial charge >= 0.3 is 12.1 Å². The summed E-state index contributed by atoms with van der Waals surface area (Å²) < 4.78 is 0. The molecule has 0 aliphatic heterocycles. The van der Waals surface area contributed by atoms with Gasteiger partial charge in [0.25, 0.3) is 0 Å². The quantitative estimate of drug-likeness (QED) is 0.935. The molecule has 1 radical (unpaired) electrons. The molecule has 2 aromatic rings. The fourth-order valence-electron chi connectivity index (χ4n) is 1.88. The molecule has 0 fully saturated rings. The van der Waals surface area contributed by atoms with Crippen molar-refractivity contribution >= 4 is 29.9 Å². The van der Waals surface area contributed by atoms with E-state index in [1.807, 2.05) is 0 Å². The van der Waals surface area contributed by atoms with Gasteiger partial charge in [-0.2, -0.15) is 0 Å². The Morgan fingerprint density at radius 1 is 1.13 bits per heavy atom. The molecular weight excluding hydrogens is 296 g/mol. The number of anilines is 2. The molecule has 0 saturated heterocycles. The van der Waals surface area contributed by atoms with Crippen molar-refractivity contribution in [2.75, 3.05) is 23.4 Å². The molecule has 0 bridgehead atoms. The molecule has 23 heavy (non-hydrogen) atoms. The lowest BCUT2D eigenvalue weighted by Crippen LogP contribution is -2.50. The van der Waals surface area contributed by atoms with Gasteiger partial charge in [0.2, 0.25) is 6.29 Å². The maximum absolute atomic E-state index is 12.7. The predicted molar refractivity (Wildman–Crippen MR) is 86.0 cm³/mol. The molecule has 0 atom stereocenters. The Balaban J connectivity index is 2.31. The van der Waals surface area contributed by atoms with Crippen LogP contribution in [0.5, 0.6) is 0 Å². The van der Waals surface area contributed by atoms with E-state index in [1.165, 1.54) is 11.9 Å². The normalized spacial score (nSPS) is 9.78. The molecule has 0 aliphatic rings. The summed E-state index contributed by atoms with van der Waals surface area (Å²) in [6.45, 7) is -0.303.